The van der Waals surface area contributed by atoms with Crippen LogP contribution in [0.25, 0.3) is 16.9 Å². The Morgan fingerprint density at radius 1 is 0.857 bits per heavy atom. The Morgan fingerprint density at radius 2 is 1.49 bits per heavy atom. The van der Waals surface area contributed by atoms with E-state index in [-0.39, 0.29) is 30.7 Å². The number of hydrogen-bond donors (Lipinski definition) is 2. The molecule has 0 saturated carbocycles. The van der Waals surface area contributed by atoms with Gasteiger partial charge in [0.1, 0.15) is 5.82 Å². The number of rotatable bonds is 9. The van der Waals surface area contributed by atoms with E-state index in [0.717, 1.165) is 28.1 Å². The average molecular weight is 467 g/mol. The first-order valence-electron chi connectivity index (χ1n) is 11.9. The van der Waals surface area contributed by atoms with Gasteiger partial charge in [-0.25, -0.2) is 4.68 Å². The van der Waals surface area contributed by atoms with Crippen molar-refractivity contribution in [3.8, 4) is 16.9 Å². The SMILES string of the molecule is Cc1ccc(-n2nc(-c3ccccc3)cc2NC(=O)CCCC(=O)NC(C)c2ccccc2)cc1. The molecule has 178 valence electrons. The number of carbonyl (C=O) groups excluding carboxylic acids is 2. The maximum Gasteiger partial charge on any atom is 0.225 e. The molecule has 0 spiro atoms. The fraction of sp³-hybridized carbons (Fsp3) is 0.207. The van der Waals surface area contributed by atoms with Crippen LogP contribution in [0, 0.1) is 6.92 Å². The minimum Gasteiger partial charge on any atom is -0.350 e. The van der Waals surface area contributed by atoms with E-state index in [1.807, 2.05) is 105 Å². The summed E-state index contributed by atoms with van der Waals surface area (Å²) in [7, 11) is 0. The fourth-order valence-electron chi connectivity index (χ4n) is 3.86. The van der Waals surface area contributed by atoms with Crippen LogP contribution in [-0.2, 0) is 9.59 Å². The highest BCUT2D eigenvalue weighted by Crippen LogP contribution is 2.25. The summed E-state index contributed by atoms with van der Waals surface area (Å²) in [6, 6.07) is 29.5. The summed E-state index contributed by atoms with van der Waals surface area (Å²) in [5, 5.41) is 10.7. The largest absolute Gasteiger partial charge is 0.350 e. The second-order valence-electron chi connectivity index (χ2n) is 8.63. The lowest BCUT2D eigenvalue weighted by Crippen LogP contribution is -2.26. The topological polar surface area (TPSA) is 76.0 Å². The van der Waals surface area contributed by atoms with Gasteiger partial charge in [-0.3, -0.25) is 9.59 Å². The summed E-state index contributed by atoms with van der Waals surface area (Å²) < 4.78 is 1.74. The predicted octanol–water partition coefficient (Wildman–Crippen LogP) is 5.83. The normalized spacial score (nSPS) is 11.6. The molecule has 4 rings (SSSR count). The molecule has 0 saturated heterocycles. The molecule has 6 nitrogen and oxygen atoms in total. The van der Waals surface area contributed by atoms with E-state index in [1.165, 1.54) is 0 Å². The van der Waals surface area contributed by atoms with Gasteiger partial charge in [-0.15, -0.1) is 0 Å². The van der Waals surface area contributed by atoms with Gasteiger partial charge in [0.25, 0.3) is 0 Å². The number of hydrogen-bond acceptors (Lipinski definition) is 3. The van der Waals surface area contributed by atoms with Gasteiger partial charge in [0.05, 0.1) is 17.4 Å². The standard InChI is InChI=1S/C29H30N4O2/c1-21-16-18-25(19-17-21)33-27(20-26(32-33)24-12-7-4-8-13-24)31-29(35)15-9-14-28(34)30-22(2)23-10-5-3-6-11-23/h3-8,10-13,16-20,22H,9,14-15H2,1-2H3,(H,30,34)(H,31,35). The number of aromatic nitrogens is 2. The van der Waals surface area contributed by atoms with Crippen molar-refractivity contribution < 1.29 is 9.59 Å². The Kier molecular flexibility index (Phi) is 7.73. The molecule has 2 amide bonds. The van der Waals surface area contributed by atoms with Crippen LogP contribution in [-0.4, -0.2) is 21.6 Å². The maximum absolute atomic E-state index is 12.7. The van der Waals surface area contributed by atoms with E-state index in [9.17, 15) is 9.59 Å². The molecule has 1 aromatic heterocycles. The van der Waals surface area contributed by atoms with Crippen LogP contribution in [0.1, 0.15) is 43.4 Å². The lowest BCUT2D eigenvalue weighted by atomic mass is 10.1. The van der Waals surface area contributed by atoms with Gasteiger partial charge >= 0.3 is 0 Å². The Hall–Kier alpha value is -4.19. The smallest absolute Gasteiger partial charge is 0.225 e. The molecule has 3 aromatic carbocycles. The van der Waals surface area contributed by atoms with E-state index in [2.05, 4.69) is 10.6 Å². The monoisotopic (exact) mass is 466 g/mol. The number of carbonyl (C=O) groups is 2. The molecule has 0 fully saturated rings. The van der Waals surface area contributed by atoms with Crippen molar-refractivity contribution in [1.29, 1.82) is 0 Å². The highest BCUT2D eigenvalue weighted by molar-refractivity contribution is 5.91. The Labute approximate surface area is 206 Å². The fourth-order valence-corrected chi connectivity index (χ4v) is 3.86. The molecule has 2 N–H and O–H groups in total. The van der Waals surface area contributed by atoms with Crippen LogP contribution >= 0.6 is 0 Å². The van der Waals surface area contributed by atoms with Gasteiger partial charge < -0.3 is 10.6 Å². The van der Waals surface area contributed by atoms with E-state index in [0.29, 0.717) is 12.2 Å². The lowest BCUT2D eigenvalue weighted by molar-refractivity contribution is -0.122. The first kappa shape index (κ1) is 24.0. The Bertz CT molecular complexity index is 1270. The Morgan fingerprint density at radius 3 is 2.17 bits per heavy atom. The van der Waals surface area contributed by atoms with Crippen molar-refractivity contribution >= 4 is 17.6 Å². The van der Waals surface area contributed by atoms with E-state index in [1.54, 1.807) is 4.68 Å². The second-order valence-corrected chi connectivity index (χ2v) is 8.63. The van der Waals surface area contributed by atoms with Crippen LogP contribution in [0.4, 0.5) is 5.82 Å². The number of aryl methyl sites for hydroxylation is 1. The summed E-state index contributed by atoms with van der Waals surface area (Å²) in [5.41, 5.74) is 4.81. The Balaban J connectivity index is 1.38. The number of nitrogens with zero attached hydrogens (tertiary/aromatic N) is 2. The average Bonchev–Trinajstić information content (AvgIpc) is 3.29. The third-order valence-corrected chi connectivity index (χ3v) is 5.81. The van der Waals surface area contributed by atoms with Gasteiger partial charge in [0, 0.05) is 24.5 Å². The molecule has 6 heteroatoms. The zero-order chi connectivity index (χ0) is 24.6. The number of nitrogens with one attached hydrogen (secondary N) is 2. The van der Waals surface area contributed by atoms with Gasteiger partial charge in [0.2, 0.25) is 11.8 Å². The van der Waals surface area contributed by atoms with Crippen LogP contribution in [0.5, 0.6) is 0 Å². The zero-order valence-electron chi connectivity index (χ0n) is 20.1. The van der Waals surface area contributed by atoms with Crippen molar-refractivity contribution in [3.05, 3.63) is 102 Å². The van der Waals surface area contributed by atoms with Gasteiger partial charge in [-0.05, 0) is 38.0 Å². The van der Waals surface area contributed by atoms with Crippen molar-refractivity contribution in [3.63, 3.8) is 0 Å². The van der Waals surface area contributed by atoms with Gasteiger partial charge in [0.15, 0.2) is 0 Å². The zero-order valence-corrected chi connectivity index (χ0v) is 20.1. The molecule has 0 radical (unpaired) electrons. The van der Waals surface area contributed by atoms with Crippen molar-refractivity contribution in [2.24, 2.45) is 0 Å². The highest BCUT2D eigenvalue weighted by Gasteiger charge is 2.15. The molecular formula is C29H30N4O2. The van der Waals surface area contributed by atoms with E-state index in [4.69, 9.17) is 5.10 Å². The minimum atomic E-state index is -0.151. The maximum atomic E-state index is 12.7. The van der Waals surface area contributed by atoms with Crippen LogP contribution in [0.3, 0.4) is 0 Å². The van der Waals surface area contributed by atoms with E-state index >= 15 is 0 Å². The summed E-state index contributed by atoms with van der Waals surface area (Å²) in [5.74, 6) is 0.381. The first-order chi connectivity index (χ1) is 17.0. The molecule has 0 aliphatic rings. The van der Waals surface area contributed by atoms with E-state index < -0.39 is 0 Å². The highest BCUT2D eigenvalue weighted by atomic mass is 16.2. The van der Waals surface area contributed by atoms with Crippen LogP contribution in [0.15, 0.2) is 91.0 Å². The third kappa shape index (κ3) is 6.44. The van der Waals surface area contributed by atoms with Crippen molar-refractivity contribution in [2.75, 3.05) is 5.32 Å². The molecule has 0 bridgehead atoms. The van der Waals surface area contributed by atoms with Crippen molar-refractivity contribution in [2.45, 2.75) is 39.2 Å². The molecule has 1 atom stereocenters. The van der Waals surface area contributed by atoms with Crippen LogP contribution < -0.4 is 10.6 Å². The second kappa shape index (κ2) is 11.3. The molecule has 4 aromatic rings. The molecule has 0 aliphatic heterocycles. The summed E-state index contributed by atoms with van der Waals surface area (Å²) in [4.78, 5) is 25.1. The number of amides is 2. The molecule has 1 unspecified atom stereocenters. The molecule has 1 heterocycles. The first-order valence-corrected chi connectivity index (χ1v) is 11.9. The molecule has 35 heavy (non-hydrogen) atoms. The number of benzene rings is 3. The van der Waals surface area contributed by atoms with Crippen LogP contribution in [0.2, 0.25) is 0 Å². The minimum absolute atomic E-state index is 0.0646. The summed E-state index contributed by atoms with van der Waals surface area (Å²) in [6.07, 6.45) is 0.993. The lowest BCUT2D eigenvalue weighted by Gasteiger charge is -2.14. The van der Waals surface area contributed by atoms with Gasteiger partial charge in [-0.1, -0.05) is 78.4 Å². The third-order valence-electron chi connectivity index (χ3n) is 5.81. The van der Waals surface area contributed by atoms with Crippen molar-refractivity contribution in [1.82, 2.24) is 15.1 Å². The number of anilines is 1. The molecular weight excluding hydrogens is 436 g/mol. The molecule has 0 aliphatic carbocycles. The quantitative estimate of drug-likeness (QED) is 0.326. The summed E-state index contributed by atoms with van der Waals surface area (Å²) in [6.45, 7) is 3.98. The predicted molar refractivity (Wildman–Crippen MR) is 139 cm³/mol. The summed E-state index contributed by atoms with van der Waals surface area (Å²) >= 11 is 0. The van der Waals surface area contributed by atoms with Gasteiger partial charge in [-0.2, -0.15) is 5.10 Å².